The number of benzene rings is 2. The van der Waals surface area contributed by atoms with Gasteiger partial charge in [0, 0.05) is 42.6 Å². The summed E-state index contributed by atoms with van der Waals surface area (Å²) >= 11 is 5.90. The van der Waals surface area contributed by atoms with Gasteiger partial charge in [-0.1, -0.05) is 29.8 Å². The Labute approximate surface area is 158 Å². The Morgan fingerprint density at radius 2 is 1.69 bits per heavy atom. The van der Waals surface area contributed by atoms with Crippen molar-refractivity contribution in [2.75, 3.05) is 36.4 Å². The lowest BCUT2D eigenvalue weighted by molar-refractivity contribution is -0.143. The highest BCUT2D eigenvalue weighted by atomic mass is 35.5. The van der Waals surface area contributed by atoms with Crippen LogP contribution in [-0.4, -0.2) is 42.9 Å². The molecule has 3 rings (SSSR count). The van der Waals surface area contributed by atoms with Crippen LogP contribution in [0.25, 0.3) is 0 Å². The van der Waals surface area contributed by atoms with Gasteiger partial charge in [0.15, 0.2) is 0 Å². The lowest BCUT2D eigenvalue weighted by Crippen LogP contribution is -2.51. The number of carbonyl (C=O) groups is 2. The number of aryl methyl sites for hydroxylation is 1. The van der Waals surface area contributed by atoms with E-state index in [2.05, 4.69) is 36.2 Å². The molecule has 2 aromatic carbocycles. The Kier molecular flexibility index (Phi) is 5.47. The van der Waals surface area contributed by atoms with Crippen molar-refractivity contribution < 1.29 is 9.59 Å². The monoisotopic (exact) mass is 371 g/mol. The average molecular weight is 372 g/mol. The van der Waals surface area contributed by atoms with Crippen LogP contribution < -0.4 is 10.2 Å². The molecule has 0 saturated carbocycles. The molecule has 0 aromatic heterocycles. The Morgan fingerprint density at radius 3 is 2.38 bits per heavy atom. The van der Waals surface area contributed by atoms with Crippen molar-refractivity contribution in [3.63, 3.8) is 0 Å². The van der Waals surface area contributed by atoms with E-state index >= 15 is 0 Å². The van der Waals surface area contributed by atoms with E-state index in [0.29, 0.717) is 36.9 Å². The number of anilines is 2. The van der Waals surface area contributed by atoms with Gasteiger partial charge in [0.25, 0.3) is 0 Å². The van der Waals surface area contributed by atoms with Crippen LogP contribution in [0.15, 0.2) is 42.5 Å². The van der Waals surface area contributed by atoms with Gasteiger partial charge in [-0.3, -0.25) is 9.59 Å². The standard InChI is InChI=1S/C20H22ClN3O2/c1-14-5-3-8-18(15(14)2)23-9-11-24(12-10-23)20(26)19(25)22-17-7-4-6-16(21)13-17/h3-8,13H,9-12H2,1-2H3,(H,22,25). The third-order valence-corrected chi connectivity index (χ3v) is 5.00. The van der Waals surface area contributed by atoms with E-state index in [0.717, 1.165) is 0 Å². The molecule has 2 amide bonds. The van der Waals surface area contributed by atoms with Crippen molar-refractivity contribution in [3.05, 3.63) is 58.6 Å². The first-order chi connectivity index (χ1) is 12.5. The van der Waals surface area contributed by atoms with Crippen LogP contribution in [-0.2, 0) is 9.59 Å². The quantitative estimate of drug-likeness (QED) is 0.824. The molecule has 26 heavy (non-hydrogen) atoms. The highest BCUT2D eigenvalue weighted by Gasteiger charge is 2.26. The lowest BCUT2D eigenvalue weighted by Gasteiger charge is -2.36. The number of halogens is 1. The average Bonchev–Trinajstić information content (AvgIpc) is 2.63. The predicted octanol–water partition coefficient (Wildman–Crippen LogP) is 3.24. The summed E-state index contributed by atoms with van der Waals surface area (Å²) in [5.74, 6) is -1.14. The summed E-state index contributed by atoms with van der Waals surface area (Å²) in [6.45, 7) is 6.67. The van der Waals surface area contributed by atoms with E-state index in [9.17, 15) is 9.59 Å². The summed E-state index contributed by atoms with van der Waals surface area (Å²) in [4.78, 5) is 28.5. The Hall–Kier alpha value is -2.53. The van der Waals surface area contributed by atoms with Crippen molar-refractivity contribution in [2.24, 2.45) is 0 Å². The van der Waals surface area contributed by atoms with Gasteiger partial charge in [0.2, 0.25) is 0 Å². The molecule has 1 aliphatic heterocycles. The fourth-order valence-corrected chi connectivity index (χ4v) is 3.31. The second-order valence-electron chi connectivity index (χ2n) is 6.46. The van der Waals surface area contributed by atoms with Crippen LogP contribution in [0.4, 0.5) is 11.4 Å². The van der Waals surface area contributed by atoms with Gasteiger partial charge in [-0.25, -0.2) is 0 Å². The van der Waals surface area contributed by atoms with Crippen molar-refractivity contribution in [2.45, 2.75) is 13.8 Å². The molecule has 0 aliphatic carbocycles. The van der Waals surface area contributed by atoms with Crippen LogP contribution >= 0.6 is 11.6 Å². The maximum atomic E-state index is 12.4. The Morgan fingerprint density at radius 1 is 1.00 bits per heavy atom. The van der Waals surface area contributed by atoms with Crippen LogP contribution in [0.2, 0.25) is 5.02 Å². The number of carbonyl (C=O) groups excluding carboxylic acids is 2. The first-order valence-electron chi connectivity index (χ1n) is 8.62. The molecular weight excluding hydrogens is 350 g/mol. The molecular formula is C20H22ClN3O2. The van der Waals surface area contributed by atoms with Gasteiger partial charge >= 0.3 is 11.8 Å². The van der Waals surface area contributed by atoms with Gasteiger partial charge in [0.05, 0.1) is 0 Å². The molecule has 2 aromatic rings. The molecule has 6 heteroatoms. The van der Waals surface area contributed by atoms with E-state index in [4.69, 9.17) is 11.6 Å². The van der Waals surface area contributed by atoms with Gasteiger partial charge in [-0.05, 0) is 49.2 Å². The zero-order valence-corrected chi connectivity index (χ0v) is 15.7. The van der Waals surface area contributed by atoms with E-state index < -0.39 is 11.8 Å². The molecule has 0 bridgehead atoms. The first kappa shape index (κ1) is 18.3. The van der Waals surface area contributed by atoms with E-state index in [1.807, 2.05) is 6.07 Å². The minimum Gasteiger partial charge on any atom is -0.368 e. The summed E-state index contributed by atoms with van der Waals surface area (Å²) in [6, 6.07) is 13.0. The summed E-state index contributed by atoms with van der Waals surface area (Å²) in [6.07, 6.45) is 0. The fraction of sp³-hybridized carbons (Fsp3) is 0.300. The smallest absolute Gasteiger partial charge is 0.313 e. The third kappa shape index (κ3) is 3.99. The summed E-state index contributed by atoms with van der Waals surface area (Å²) in [5, 5.41) is 3.12. The molecule has 0 radical (unpaired) electrons. The van der Waals surface area contributed by atoms with E-state index in [1.165, 1.54) is 16.8 Å². The Bertz CT molecular complexity index is 830. The van der Waals surface area contributed by atoms with Crippen LogP contribution in [0, 0.1) is 13.8 Å². The molecule has 5 nitrogen and oxygen atoms in total. The van der Waals surface area contributed by atoms with Crippen molar-refractivity contribution >= 4 is 34.8 Å². The van der Waals surface area contributed by atoms with Gasteiger partial charge < -0.3 is 15.1 Å². The third-order valence-electron chi connectivity index (χ3n) is 4.76. The number of nitrogens with zero attached hydrogens (tertiary/aromatic N) is 2. The molecule has 0 unspecified atom stereocenters. The van der Waals surface area contributed by atoms with Crippen LogP contribution in [0.1, 0.15) is 11.1 Å². The van der Waals surface area contributed by atoms with Crippen LogP contribution in [0.3, 0.4) is 0 Å². The van der Waals surface area contributed by atoms with Gasteiger partial charge in [-0.15, -0.1) is 0 Å². The van der Waals surface area contributed by atoms with Gasteiger partial charge in [0.1, 0.15) is 0 Å². The zero-order chi connectivity index (χ0) is 18.7. The highest BCUT2D eigenvalue weighted by Crippen LogP contribution is 2.24. The summed E-state index contributed by atoms with van der Waals surface area (Å²) in [7, 11) is 0. The largest absolute Gasteiger partial charge is 0.368 e. The number of amides is 2. The minimum atomic E-state index is -0.632. The fourth-order valence-electron chi connectivity index (χ4n) is 3.12. The summed E-state index contributed by atoms with van der Waals surface area (Å²) < 4.78 is 0. The summed E-state index contributed by atoms with van der Waals surface area (Å²) in [5.41, 5.74) is 4.22. The molecule has 1 saturated heterocycles. The zero-order valence-electron chi connectivity index (χ0n) is 15.0. The molecule has 1 N–H and O–H groups in total. The number of rotatable bonds is 2. The normalized spacial score (nSPS) is 14.3. The van der Waals surface area contributed by atoms with Crippen molar-refractivity contribution in [1.82, 2.24) is 4.90 Å². The maximum absolute atomic E-state index is 12.4. The van der Waals surface area contributed by atoms with Crippen LogP contribution in [0.5, 0.6) is 0 Å². The second-order valence-corrected chi connectivity index (χ2v) is 6.90. The predicted molar refractivity (Wildman–Crippen MR) is 105 cm³/mol. The molecule has 1 heterocycles. The number of piperazine rings is 1. The SMILES string of the molecule is Cc1cccc(N2CCN(C(=O)C(=O)Nc3cccc(Cl)c3)CC2)c1C. The number of nitrogens with one attached hydrogen (secondary N) is 1. The minimum absolute atomic E-state index is 0.509. The van der Waals surface area contributed by atoms with Crippen molar-refractivity contribution in [3.8, 4) is 0 Å². The Balaban J connectivity index is 1.59. The second kappa shape index (κ2) is 7.79. The lowest BCUT2D eigenvalue weighted by atomic mass is 10.1. The molecule has 136 valence electrons. The number of hydrogen-bond acceptors (Lipinski definition) is 3. The maximum Gasteiger partial charge on any atom is 0.313 e. The highest BCUT2D eigenvalue weighted by molar-refractivity contribution is 6.39. The number of hydrogen-bond donors (Lipinski definition) is 1. The van der Waals surface area contributed by atoms with E-state index in [-0.39, 0.29) is 0 Å². The van der Waals surface area contributed by atoms with Gasteiger partial charge in [-0.2, -0.15) is 0 Å². The molecule has 0 atom stereocenters. The molecule has 0 spiro atoms. The van der Waals surface area contributed by atoms with E-state index in [1.54, 1.807) is 29.2 Å². The van der Waals surface area contributed by atoms with Crippen molar-refractivity contribution in [1.29, 1.82) is 0 Å². The first-order valence-corrected chi connectivity index (χ1v) is 9.00. The molecule has 1 aliphatic rings. The molecule has 1 fully saturated rings. The topological polar surface area (TPSA) is 52.7 Å².